The minimum atomic E-state index is -1.19. The maximum Gasteiger partial charge on any atom is 0.335 e. The lowest BCUT2D eigenvalue weighted by molar-refractivity contribution is -0.327. The molecule has 51 heavy (non-hydrogen) atoms. The SMILES string of the molecule is O=C(OCc1ccccc1)[C@H](CC1CCCCC1)O[C@H]1[C@@H](O)[C@@H](COCc2ccccc2)O[C@@H](OCc2ccccc2)[C@@H]1OCc1ccccc1. The third-order valence-corrected chi connectivity index (χ3v) is 9.63. The van der Waals surface area contributed by atoms with Gasteiger partial charge >= 0.3 is 5.97 Å². The van der Waals surface area contributed by atoms with Crippen LogP contribution in [0.25, 0.3) is 0 Å². The van der Waals surface area contributed by atoms with E-state index in [1.54, 1.807) is 0 Å². The molecule has 6 atom stereocenters. The zero-order chi connectivity index (χ0) is 35.1. The van der Waals surface area contributed by atoms with E-state index in [1.165, 1.54) is 6.42 Å². The highest BCUT2D eigenvalue weighted by Crippen LogP contribution is 2.33. The summed E-state index contributed by atoms with van der Waals surface area (Å²) in [6.45, 7) is 1.04. The van der Waals surface area contributed by atoms with Gasteiger partial charge in [-0.3, -0.25) is 0 Å². The second kappa shape index (κ2) is 19.6. The van der Waals surface area contributed by atoms with Gasteiger partial charge in [-0.05, 0) is 34.6 Å². The van der Waals surface area contributed by atoms with Crippen molar-refractivity contribution in [3.8, 4) is 0 Å². The van der Waals surface area contributed by atoms with Crippen molar-refractivity contribution >= 4 is 5.97 Å². The van der Waals surface area contributed by atoms with E-state index < -0.39 is 42.8 Å². The fraction of sp³-hybridized carbons (Fsp3) is 0.419. The first-order chi connectivity index (χ1) is 25.1. The number of carbonyl (C=O) groups excluding carboxylic acids is 1. The lowest BCUT2D eigenvalue weighted by Crippen LogP contribution is -2.62. The number of aliphatic hydroxyl groups is 1. The van der Waals surface area contributed by atoms with Gasteiger partial charge in [-0.15, -0.1) is 0 Å². The van der Waals surface area contributed by atoms with Gasteiger partial charge in [-0.25, -0.2) is 4.79 Å². The monoisotopic (exact) mass is 694 g/mol. The standard InChI is InChI=1S/C43H50O8/c44-39-38(31-46-27-33-18-8-2-9-19-33)51-43(49-30-36-24-14-5-15-25-36)41(47-28-34-20-10-3-11-21-34)40(39)50-37(26-32-16-6-1-7-17-32)42(45)48-29-35-22-12-4-13-23-35/h2-5,8-15,18-25,32,37-41,43-44H,1,6-7,16-17,26-31H2/t37-,38+,39-,40-,41+,43+/m0/s1. The van der Waals surface area contributed by atoms with Crippen molar-refractivity contribution in [1.82, 2.24) is 0 Å². The molecule has 1 aliphatic carbocycles. The van der Waals surface area contributed by atoms with Gasteiger partial charge < -0.3 is 33.5 Å². The van der Waals surface area contributed by atoms with E-state index in [2.05, 4.69) is 0 Å². The molecule has 0 amide bonds. The Kier molecular flexibility index (Phi) is 14.2. The predicted molar refractivity (Wildman–Crippen MR) is 193 cm³/mol. The third-order valence-electron chi connectivity index (χ3n) is 9.63. The first-order valence-corrected chi connectivity index (χ1v) is 18.2. The van der Waals surface area contributed by atoms with E-state index in [1.807, 2.05) is 121 Å². The molecule has 0 spiro atoms. The van der Waals surface area contributed by atoms with E-state index in [4.69, 9.17) is 28.4 Å². The van der Waals surface area contributed by atoms with Gasteiger partial charge in [-0.1, -0.05) is 153 Å². The Morgan fingerprint density at radius 3 is 1.73 bits per heavy atom. The quantitative estimate of drug-likeness (QED) is 0.113. The Hall–Kier alpha value is -3.89. The largest absolute Gasteiger partial charge is 0.459 e. The summed E-state index contributed by atoms with van der Waals surface area (Å²) in [4.78, 5) is 13.9. The number of hydrogen-bond acceptors (Lipinski definition) is 8. The van der Waals surface area contributed by atoms with Gasteiger partial charge in [0.1, 0.15) is 31.0 Å². The Balaban J connectivity index is 1.26. The number of aliphatic hydroxyl groups excluding tert-OH is 1. The molecule has 6 rings (SSSR count). The Bertz CT molecular complexity index is 1550. The molecule has 1 heterocycles. The van der Waals surface area contributed by atoms with Crippen LogP contribution >= 0.6 is 0 Å². The van der Waals surface area contributed by atoms with Crippen molar-refractivity contribution in [2.75, 3.05) is 6.61 Å². The van der Waals surface area contributed by atoms with Crippen LogP contribution in [0.2, 0.25) is 0 Å². The zero-order valence-electron chi connectivity index (χ0n) is 29.2. The Morgan fingerprint density at radius 1 is 0.647 bits per heavy atom. The number of ether oxygens (including phenoxy) is 6. The lowest BCUT2D eigenvalue weighted by Gasteiger charge is -2.45. The molecule has 1 N–H and O–H groups in total. The van der Waals surface area contributed by atoms with Gasteiger partial charge in [0.15, 0.2) is 12.4 Å². The first kappa shape index (κ1) is 36.9. The highest BCUT2D eigenvalue weighted by atomic mass is 16.7. The van der Waals surface area contributed by atoms with Crippen molar-refractivity contribution in [2.45, 2.75) is 102 Å². The second-order valence-corrected chi connectivity index (χ2v) is 13.5. The normalized spacial score (nSPS) is 23.0. The molecule has 4 aromatic carbocycles. The molecule has 0 bridgehead atoms. The summed E-state index contributed by atoms with van der Waals surface area (Å²) in [6.07, 6.45) is 0.278. The average Bonchev–Trinajstić information content (AvgIpc) is 3.19. The van der Waals surface area contributed by atoms with Gasteiger partial charge in [0.2, 0.25) is 0 Å². The Morgan fingerprint density at radius 2 is 1.16 bits per heavy atom. The number of benzene rings is 4. The number of carbonyl (C=O) groups is 1. The summed E-state index contributed by atoms with van der Waals surface area (Å²) in [5.74, 6) is -0.146. The number of esters is 1. The van der Waals surface area contributed by atoms with E-state index in [9.17, 15) is 9.90 Å². The molecule has 8 nitrogen and oxygen atoms in total. The van der Waals surface area contributed by atoms with E-state index in [0.29, 0.717) is 18.9 Å². The van der Waals surface area contributed by atoms with Crippen molar-refractivity contribution in [3.63, 3.8) is 0 Å². The van der Waals surface area contributed by atoms with Crippen LogP contribution in [0.3, 0.4) is 0 Å². The van der Waals surface area contributed by atoms with Crippen molar-refractivity contribution in [2.24, 2.45) is 5.92 Å². The van der Waals surface area contributed by atoms with Crippen LogP contribution in [0.1, 0.15) is 60.8 Å². The summed E-state index contributed by atoms with van der Waals surface area (Å²) in [5, 5.41) is 12.0. The van der Waals surface area contributed by atoms with Gasteiger partial charge in [0, 0.05) is 0 Å². The molecule has 4 aromatic rings. The molecule has 1 saturated carbocycles. The maximum absolute atomic E-state index is 13.9. The Labute approximate surface area is 301 Å². The molecule has 2 fully saturated rings. The summed E-state index contributed by atoms with van der Waals surface area (Å²) < 4.78 is 38.2. The summed E-state index contributed by atoms with van der Waals surface area (Å²) in [7, 11) is 0. The second-order valence-electron chi connectivity index (χ2n) is 13.5. The van der Waals surface area contributed by atoms with Crippen LogP contribution in [-0.4, -0.2) is 54.5 Å². The van der Waals surface area contributed by atoms with Crippen molar-refractivity contribution in [1.29, 1.82) is 0 Å². The molecule has 8 heteroatoms. The fourth-order valence-corrected chi connectivity index (χ4v) is 6.83. The minimum Gasteiger partial charge on any atom is -0.459 e. The average molecular weight is 695 g/mol. The van der Waals surface area contributed by atoms with Crippen LogP contribution in [-0.2, 0) is 59.6 Å². The van der Waals surface area contributed by atoms with Gasteiger partial charge in [-0.2, -0.15) is 0 Å². The predicted octanol–water partition coefficient (Wildman–Crippen LogP) is 7.56. The number of rotatable bonds is 17. The zero-order valence-corrected chi connectivity index (χ0v) is 29.2. The van der Waals surface area contributed by atoms with Gasteiger partial charge in [0.25, 0.3) is 0 Å². The van der Waals surface area contributed by atoms with Crippen LogP contribution in [0, 0.1) is 5.92 Å². The molecule has 2 aliphatic rings. The lowest BCUT2D eigenvalue weighted by atomic mass is 9.85. The maximum atomic E-state index is 13.9. The summed E-state index contributed by atoms with van der Waals surface area (Å²) >= 11 is 0. The molecule has 0 radical (unpaired) electrons. The molecule has 0 aromatic heterocycles. The van der Waals surface area contributed by atoms with Crippen molar-refractivity contribution < 1.29 is 38.3 Å². The van der Waals surface area contributed by atoms with Crippen LogP contribution in [0.4, 0.5) is 0 Å². The van der Waals surface area contributed by atoms with Crippen LogP contribution in [0.5, 0.6) is 0 Å². The molecule has 1 saturated heterocycles. The molecular formula is C43H50O8. The molecule has 270 valence electrons. The molecular weight excluding hydrogens is 644 g/mol. The van der Waals surface area contributed by atoms with Crippen LogP contribution in [0.15, 0.2) is 121 Å². The highest BCUT2D eigenvalue weighted by Gasteiger charge is 2.49. The highest BCUT2D eigenvalue weighted by molar-refractivity contribution is 5.74. The summed E-state index contributed by atoms with van der Waals surface area (Å²) in [5.41, 5.74) is 3.80. The number of hydrogen-bond donors (Lipinski definition) is 1. The van der Waals surface area contributed by atoms with E-state index in [0.717, 1.165) is 47.9 Å². The molecule has 0 unspecified atom stereocenters. The summed E-state index contributed by atoms with van der Waals surface area (Å²) in [6, 6.07) is 39.1. The van der Waals surface area contributed by atoms with E-state index >= 15 is 0 Å². The van der Waals surface area contributed by atoms with Crippen molar-refractivity contribution in [3.05, 3.63) is 144 Å². The smallest absolute Gasteiger partial charge is 0.335 e. The third kappa shape index (κ3) is 11.3. The molecule has 1 aliphatic heterocycles. The van der Waals surface area contributed by atoms with E-state index in [-0.39, 0.29) is 26.4 Å². The minimum absolute atomic E-state index is 0.0816. The topological polar surface area (TPSA) is 92.7 Å². The first-order valence-electron chi connectivity index (χ1n) is 18.2. The van der Waals surface area contributed by atoms with Gasteiger partial charge in [0.05, 0.1) is 26.4 Å². The van der Waals surface area contributed by atoms with Crippen LogP contribution < -0.4 is 0 Å². The fourth-order valence-electron chi connectivity index (χ4n) is 6.83.